The predicted molar refractivity (Wildman–Crippen MR) is 118 cm³/mol. The van der Waals surface area contributed by atoms with Crippen LogP contribution in [0.5, 0.6) is 0 Å². The van der Waals surface area contributed by atoms with Gasteiger partial charge in [-0.3, -0.25) is 9.36 Å². The van der Waals surface area contributed by atoms with Gasteiger partial charge in [-0.2, -0.15) is 0 Å². The minimum absolute atomic E-state index is 0.0210. The monoisotopic (exact) mass is 427 g/mol. The fraction of sp³-hybridized carbons (Fsp3) is 0.286. The summed E-state index contributed by atoms with van der Waals surface area (Å²) in [4.78, 5) is 14.5. The minimum atomic E-state index is -0.0210. The van der Waals surface area contributed by atoms with E-state index in [0.29, 0.717) is 17.2 Å². The standard InChI is InChI=1S/C21H22ClN5OS/c22-17-10-4-5-11-18(17)27-20(26-13-6-7-14-26)24-25-21(27)29-15-12-19(28)23-16-8-2-1-3-9-16/h1-5,8-11H,6-7,12-15H2,(H,23,28). The number of rotatable bonds is 7. The van der Waals surface area contributed by atoms with Crippen molar-refractivity contribution in [3.8, 4) is 5.69 Å². The smallest absolute Gasteiger partial charge is 0.232 e. The number of aromatic nitrogens is 3. The van der Waals surface area contributed by atoms with Crippen LogP contribution in [0.15, 0.2) is 59.8 Å². The van der Waals surface area contributed by atoms with Gasteiger partial charge in [0.1, 0.15) is 0 Å². The second-order valence-electron chi connectivity index (χ2n) is 6.78. The molecule has 1 saturated heterocycles. The van der Waals surface area contributed by atoms with Gasteiger partial charge in [0.05, 0.1) is 10.7 Å². The minimum Gasteiger partial charge on any atom is -0.341 e. The molecule has 1 N–H and O–H groups in total. The van der Waals surface area contributed by atoms with Crippen LogP contribution >= 0.6 is 23.4 Å². The first-order valence-electron chi connectivity index (χ1n) is 9.65. The van der Waals surface area contributed by atoms with Crippen LogP contribution < -0.4 is 10.2 Å². The lowest BCUT2D eigenvalue weighted by molar-refractivity contribution is -0.115. The van der Waals surface area contributed by atoms with Gasteiger partial charge in [0, 0.05) is 31.0 Å². The van der Waals surface area contributed by atoms with Crippen molar-refractivity contribution in [1.29, 1.82) is 0 Å². The maximum atomic E-state index is 12.2. The molecule has 1 fully saturated rings. The number of hydrogen-bond donors (Lipinski definition) is 1. The predicted octanol–water partition coefficient (Wildman–Crippen LogP) is 4.64. The van der Waals surface area contributed by atoms with E-state index in [1.54, 1.807) is 0 Å². The zero-order valence-electron chi connectivity index (χ0n) is 15.9. The molecule has 3 aromatic rings. The molecular weight excluding hydrogens is 406 g/mol. The van der Waals surface area contributed by atoms with E-state index in [2.05, 4.69) is 20.4 Å². The number of benzene rings is 2. The molecule has 2 aromatic carbocycles. The zero-order valence-corrected chi connectivity index (χ0v) is 17.5. The molecule has 2 heterocycles. The molecule has 0 unspecified atom stereocenters. The average Bonchev–Trinajstić information content (AvgIpc) is 3.39. The number of hydrogen-bond acceptors (Lipinski definition) is 5. The van der Waals surface area contributed by atoms with Gasteiger partial charge < -0.3 is 10.2 Å². The molecule has 0 saturated carbocycles. The van der Waals surface area contributed by atoms with Crippen molar-refractivity contribution >= 4 is 40.9 Å². The van der Waals surface area contributed by atoms with Gasteiger partial charge in [0.15, 0.2) is 5.16 Å². The topological polar surface area (TPSA) is 63.1 Å². The summed E-state index contributed by atoms with van der Waals surface area (Å²) in [5.74, 6) is 1.39. The molecule has 0 aliphatic carbocycles. The van der Waals surface area contributed by atoms with Crippen LogP contribution in [0.4, 0.5) is 11.6 Å². The summed E-state index contributed by atoms with van der Waals surface area (Å²) in [6, 6.07) is 17.2. The maximum Gasteiger partial charge on any atom is 0.232 e. The van der Waals surface area contributed by atoms with Gasteiger partial charge in [-0.05, 0) is 37.1 Å². The van der Waals surface area contributed by atoms with E-state index in [0.717, 1.165) is 48.4 Å². The Bertz CT molecular complexity index is 972. The van der Waals surface area contributed by atoms with Crippen molar-refractivity contribution < 1.29 is 4.79 Å². The Hall–Kier alpha value is -2.51. The normalized spacial score (nSPS) is 13.6. The van der Waals surface area contributed by atoms with Crippen molar-refractivity contribution in [3.63, 3.8) is 0 Å². The van der Waals surface area contributed by atoms with Gasteiger partial charge in [-0.25, -0.2) is 0 Å². The third kappa shape index (κ3) is 4.74. The Labute approximate surface area is 179 Å². The lowest BCUT2D eigenvalue weighted by Gasteiger charge is -2.19. The molecule has 0 spiro atoms. The van der Waals surface area contributed by atoms with Crippen LogP contribution in [0.2, 0.25) is 5.02 Å². The molecule has 0 radical (unpaired) electrons. The van der Waals surface area contributed by atoms with Gasteiger partial charge >= 0.3 is 0 Å². The van der Waals surface area contributed by atoms with Gasteiger partial charge in [-0.15, -0.1) is 10.2 Å². The number of nitrogens with one attached hydrogen (secondary N) is 1. The van der Waals surface area contributed by atoms with Crippen molar-refractivity contribution in [2.24, 2.45) is 0 Å². The highest BCUT2D eigenvalue weighted by atomic mass is 35.5. The number of amides is 1. The second-order valence-corrected chi connectivity index (χ2v) is 8.25. The molecule has 6 nitrogen and oxygen atoms in total. The highest BCUT2D eigenvalue weighted by molar-refractivity contribution is 7.99. The van der Waals surface area contributed by atoms with E-state index in [-0.39, 0.29) is 5.91 Å². The SMILES string of the molecule is O=C(CCSc1nnc(N2CCCC2)n1-c1ccccc1Cl)Nc1ccccc1. The van der Waals surface area contributed by atoms with E-state index >= 15 is 0 Å². The van der Waals surface area contributed by atoms with Crippen LogP contribution in [0.1, 0.15) is 19.3 Å². The van der Waals surface area contributed by atoms with E-state index in [9.17, 15) is 4.79 Å². The summed E-state index contributed by atoms with van der Waals surface area (Å²) in [5.41, 5.74) is 1.66. The van der Waals surface area contributed by atoms with E-state index in [1.165, 1.54) is 11.8 Å². The van der Waals surface area contributed by atoms with Crippen LogP contribution in [0.25, 0.3) is 5.69 Å². The summed E-state index contributed by atoms with van der Waals surface area (Å²) < 4.78 is 2.01. The molecule has 0 atom stereocenters. The number of para-hydroxylation sites is 2. The fourth-order valence-electron chi connectivity index (χ4n) is 3.30. The van der Waals surface area contributed by atoms with Crippen LogP contribution in [-0.4, -0.2) is 39.5 Å². The summed E-state index contributed by atoms with van der Waals surface area (Å²) in [6.45, 7) is 1.93. The Kier molecular flexibility index (Phi) is 6.36. The molecule has 4 rings (SSSR count). The van der Waals surface area contributed by atoms with Crippen molar-refractivity contribution in [2.75, 3.05) is 29.1 Å². The Morgan fingerprint density at radius 1 is 1.03 bits per heavy atom. The van der Waals surface area contributed by atoms with Gasteiger partial charge in [0.2, 0.25) is 11.9 Å². The van der Waals surface area contributed by atoms with E-state index in [1.807, 2.05) is 59.2 Å². The van der Waals surface area contributed by atoms with Crippen molar-refractivity contribution in [1.82, 2.24) is 14.8 Å². The molecule has 150 valence electrons. The quantitative estimate of drug-likeness (QED) is 0.556. The molecule has 1 aliphatic rings. The highest BCUT2D eigenvalue weighted by Crippen LogP contribution is 2.32. The van der Waals surface area contributed by atoms with Crippen LogP contribution in [-0.2, 0) is 4.79 Å². The number of carbonyl (C=O) groups is 1. The number of halogens is 1. The van der Waals surface area contributed by atoms with Gasteiger partial charge in [-0.1, -0.05) is 53.7 Å². The lowest BCUT2D eigenvalue weighted by atomic mass is 10.3. The van der Waals surface area contributed by atoms with Crippen LogP contribution in [0.3, 0.4) is 0 Å². The van der Waals surface area contributed by atoms with Gasteiger partial charge in [0.25, 0.3) is 0 Å². The summed E-state index contributed by atoms with van der Waals surface area (Å²) in [6.07, 6.45) is 2.68. The molecule has 1 aliphatic heterocycles. The fourth-order valence-corrected chi connectivity index (χ4v) is 4.40. The molecule has 0 bridgehead atoms. The molecule has 8 heteroatoms. The number of thioether (sulfide) groups is 1. The van der Waals surface area contributed by atoms with E-state index < -0.39 is 0 Å². The highest BCUT2D eigenvalue weighted by Gasteiger charge is 2.23. The number of nitrogens with zero attached hydrogens (tertiary/aromatic N) is 4. The number of carbonyl (C=O) groups excluding carboxylic acids is 1. The summed E-state index contributed by atoms with van der Waals surface area (Å²) in [5, 5.41) is 13.1. The summed E-state index contributed by atoms with van der Waals surface area (Å²) in [7, 11) is 0. The molecule has 1 amide bonds. The van der Waals surface area contributed by atoms with Crippen LogP contribution in [0, 0.1) is 0 Å². The van der Waals surface area contributed by atoms with Crippen molar-refractivity contribution in [2.45, 2.75) is 24.4 Å². The first kappa shape index (κ1) is 19.8. The van der Waals surface area contributed by atoms with E-state index in [4.69, 9.17) is 11.6 Å². The molecular formula is C21H22ClN5OS. The van der Waals surface area contributed by atoms with Crippen molar-refractivity contribution in [3.05, 3.63) is 59.6 Å². The first-order valence-corrected chi connectivity index (χ1v) is 11.0. The Balaban J connectivity index is 1.48. The number of anilines is 2. The largest absolute Gasteiger partial charge is 0.341 e. The maximum absolute atomic E-state index is 12.2. The summed E-state index contributed by atoms with van der Waals surface area (Å²) >= 11 is 7.99. The Morgan fingerprint density at radius 2 is 1.76 bits per heavy atom. The average molecular weight is 428 g/mol. The zero-order chi connectivity index (χ0) is 20.1. The Morgan fingerprint density at radius 3 is 2.52 bits per heavy atom. The third-order valence-electron chi connectivity index (χ3n) is 4.72. The third-order valence-corrected chi connectivity index (χ3v) is 5.97. The lowest BCUT2D eigenvalue weighted by Crippen LogP contribution is -2.22. The molecule has 1 aromatic heterocycles. The molecule has 29 heavy (non-hydrogen) atoms. The second kappa shape index (κ2) is 9.33. The first-order chi connectivity index (χ1) is 14.2.